The summed E-state index contributed by atoms with van der Waals surface area (Å²) in [5.41, 5.74) is 2.94. The topological polar surface area (TPSA) is 70.3 Å². The number of aromatic nitrogens is 3. The Morgan fingerprint density at radius 2 is 1.93 bits per heavy atom. The molecule has 0 radical (unpaired) electrons. The number of thiophene rings is 1. The first kappa shape index (κ1) is 18.0. The van der Waals surface area contributed by atoms with Gasteiger partial charge in [-0.25, -0.2) is 4.98 Å². The number of hydrogen-bond acceptors (Lipinski definition) is 9. The van der Waals surface area contributed by atoms with Gasteiger partial charge in [0.2, 0.25) is 5.89 Å². The number of thiazole rings is 1. The van der Waals surface area contributed by atoms with E-state index in [0.717, 1.165) is 21.8 Å². The van der Waals surface area contributed by atoms with E-state index < -0.39 is 0 Å². The van der Waals surface area contributed by atoms with Crippen LogP contribution in [0.3, 0.4) is 0 Å². The van der Waals surface area contributed by atoms with Crippen molar-refractivity contribution in [3.05, 3.63) is 46.1 Å². The van der Waals surface area contributed by atoms with Crippen molar-refractivity contribution in [3.63, 3.8) is 0 Å². The molecule has 3 heterocycles. The number of rotatable bonds is 7. The first-order chi connectivity index (χ1) is 13.3. The predicted octanol–water partition coefficient (Wildman–Crippen LogP) is 5.23. The summed E-state index contributed by atoms with van der Waals surface area (Å²) in [6.07, 6.45) is 0. The Bertz CT molecular complexity index is 1030. The molecule has 0 amide bonds. The van der Waals surface area contributed by atoms with Crippen molar-refractivity contribution in [2.45, 2.75) is 11.0 Å². The van der Waals surface area contributed by atoms with E-state index in [-0.39, 0.29) is 0 Å². The summed E-state index contributed by atoms with van der Waals surface area (Å²) < 4.78 is 16.3. The van der Waals surface area contributed by atoms with E-state index in [0.29, 0.717) is 28.4 Å². The van der Waals surface area contributed by atoms with Gasteiger partial charge in [0.1, 0.15) is 5.01 Å². The largest absolute Gasteiger partial charge is 0.493 e. The van der Waals surface area contributed by atoms with Gasteiger partial charge in [0.05, 0.1) is 19.9 Å². The molecular formula is C18H15N3O3S3. The summed E-state index contributed by atoms with van der Waals surface area (Å²) >= 11 is 4.78. The fraction of sp³-hybridized carbons (Fsp3) is 0.167. The number of ether oxygens (including phenoxy) is 2. The van der Waals surface area contributed by atoms with Gasteiger partial charge in [-0.2, -0.15) is 11.3 Å². The van der Waals surface area contributed by atoms with Crippen LogP contribution in [-0.4, -0.2) is 29.4 Å². The minimum Gasteiger partial charge on any atom is -0.493 e. The van der Waals surface area contributed by atoms with Gasteiger partial charge in [0.15, 0.2) is 11.5 Å². The Hall–Kier alpha value is -2.36. The summed E-state index contributed by atoms with van der Waals surface area (Å²) in [7, 11) is 3.19. The van der Waals surface area contributed by atoms with Crippen LogP contribution >= 0.6 is 34.4 Å². The van der Waals surface area contributed by atoms with Gasteiger partial charge in [-0.15, -0.1) is 21.5 Å². The molecular weight excluding hydrogens is 402 g/mol. The lowest BCUT2D eigenvalue weighted by molar-refractivity contribution is 0.355. The fourth-order valence-corrected chi connectivity index (χ4v) is 4.67. The number of benzene rings is 1. The first-order valence-electron chi connectivity index (χ1n) is 7.92. The maximum atomic E-state index is 5.77. The normalized spacial score (nSPS) is 10.9. The van der Waals surface area contributed by atoms with Crippen molar-refractivity contribution in [2.24, 2.45) is 0 Å². The van der Waals surface area contributed by atoms with E-state index in [4.69, 9.17) is 13.9 Å². The van der Waals surface area contributed by atoms with E-state index in [1.807, 2.05) is 18.2 Å². The van der Waals surface area contributed by atoms with E-state index >= 15 is 0 Å². The summed E-state index contributed by atoms with van der Waals surface area (Å²) in [6, 6.07) is 7.56. The SMILES string of the molecule is COc1ccc(-c2nnc(SCc3csc(-c4ccsc4)n3)o2)cc1OC. The van der Waals surface area contributed by atoms with Gasteiger partial charge in [-0.05, 0) is 29.6 Å². The molecule has 9 heteroatoms. The third kappa shape index (κ3) is 4.00. The van der Waals surface area contributed by atoms with Crippen molar-refractivity contribution in [2.75, 3.05) is 14.2 Å². The molecule has 0 aliphatic heterocycles. The molecule has 4 rings (SSSR count). The molecule has 3 aromatic heterocycles. The maximum Gasteiger partial charge on any atom is 0.277 e. The highest BCUT2D eigenvalue weighted by molar-refractivity contribution is 7.98. The molecule has 27 heavy (non-hydrogen) atoms. The molecule has 138 valence electrons. The highest BCUT2D eigenvalue weighted by atomic mass is 32.2. The van der Waals surface area contributed by atoms with E-state index in [2.05, 4.69) is 37.4 Å². The van der Waals surface area contributed by atoms with E-state index in [1.54, 1.807) is 36.9 Å². The Morgan fingerprint density at radius 1 is 1.04 bits per heavy atom. The maximum absolute atomic E-state index is 5.77. The van der Waals surface area contributed by atoms with Gasteiger partial charge >= 0.3 is 0 Å². The minimum atomic E-state index is 0.440. The Kier molecular flexibility index (Phi) is 5.42. The molecule has 0 aliphatic rings. The average molecular weight is 418 g/mol. The van der Waals surface area contributed by atoms with Crippen LogP contribution in [0, 0.1) is 0 Å². The minimum absolute atomic E-state index is 0.440. The predicted molar refractivity (Wildman–Crippen MR) is 108 cm³/mol. The van der Waals surface area contributed by atoms with Crippen LogP contribution in [0.2, 0.25) is 0 Å². The first-order valence-corrected chi connectivity index (χ1v) is 10.7. The second-order valence-corrected chi connectivity index (χ2v) is 7.95. The number of methoxy groups -OCH3 is 2. The van der Waals surface area contributed by atoms with Gasteiger partial charge in [0.25, 0.3) is 5.22 Å². The van der Waals surface area contributed by atoms with Crippen molar-refractivity contribution in [3.8, 4) is 33.5 Å². The average Bonchev–Trinajstić information content (AvgIpc) is 3.46. The van der Waals surface area contributed by atoms with E-state index in [1.165, 1.54) is 11.8 Å². The van der Waals surface area contributed by atoms with Crippen LogP contribution in [0.1, 0.15) is 5.69 Å². The Balaban J connectivity index is 1.44. The van der Waals surface area contributed by atoms with Crippen molar-refractivity contribution >= 4 is 34.4 Å². The quantitative estimate of drug-likeness (QED) is 0.381. The molecule has 4 aromatic rings. The third-order valence-corrected chi connectivity index (χ3v) is 6.18. The molecule has 1 aromatic carbocycles. The van der Waals surface area contributed by atoms with Crippen LogP contribution in [0.25, 0.3) is 22.0 Å². The highest BCUT2D eigenvalue weighted by Gasteiger charge is 2.13. The molecule has 0 saturated heterocycles. The number of nitrogens with zero attached hydrogens (tertiary/aromatic N) is 3. The van der Waals surface area contributed by atoms with Crippen LogP contribution in [0.15, 0.2) is 50.0 Å². The van der Waals surface area contributed by atoms with Crippen LogP contribution < -0.4 is 9.47 Å². The second kappa shape index (κ2) is 8.12. The lowest BCUT2D eigenvalue weighted by atomic mass is 10.2. The zero-order valence-corrected chi connectivity index (χ0v) is 17.0. The molecule has 0 unspecified atom stereocenters. The molecule has 0 aliphatic carbocycles. The monoisotopic (exact) mass is 417 g/mol. The van der Waals surface area contributed by atoms with Crippen LogP contribution in [0.5, 0.6) is 11.5 Å². The van der Waals surface area contributed by atoms with Gasteiger partial charge in [-0.1, -0.05) is 11.8 Å². The molecule has 0 N–H and O–H groups in total. The smallest absolute Gasteiger partial charge is 0.277 e. The number of hydrogen-bond donors (Lipinski definition) is 0. The van der Waals surface area contributed by atoms with Crippen molar-refractivity contribution in [1.29, 1.82) is 0 Å². The standard InChI is InChI=1S/C18H15N3O3S3/c1-22-14-4-3-11(7-15(14)23-2)16-20-21-18(24-16)27-10-13-9-26-17(19-13)12-5-6-25-8-12/h3-9H,10H2,1-2H3. The molecule has 0 spiro atoms. The zero-order chi connectivity index (χ0) is 18.6. The second-order valence-electron chi connectivity index (χ2n) is 5.39. The van der Waals surface area contributed by atoms with Crippen LogP contribution in [-0.2, 0) is 5.75 Å². The zero-order valence-electron chi connectivity index (χ0n) is 14.5. The summed E-state index contributed by atoms with van der Waals surface area (Å²) in [5, 5.41) is 16.0. The molecule has 0 saturated carbocycles. The van der Waals surface area contributed by atoms with E-state index in [9.17, 15) is 0 Å². The highest BCUT2D eigenvalue weighted by Crippen LogP contribution is 2.33. The number of thioether (sulfide) groups is 1. The lowest BCUT2D eigenvalue weighted by Crippen LogP contribution is -1.90. The molecule has 0 bridgehead atoms. The Morgan fingerprint density at radius 3 is 2.70 bits per heavy atom. The van der Waals surface area contributed by atoms with Crippen LogP contribution in [0.4, 0.5) is 0 Å². The summed E-state index contributed by atoms with van der Waals surface area (Å²) in [4.78, 5) is 4.66. The third-order valence-electron chi connectivity index (χ3n) is 3.70. The lowest BCUT2D eigenvalue weighted by Gasteiger charge is -2.07. The molecule has 0 atom stereocenters. The van der Waals surface area contributed by atoms with Gasteiger partial charge in [0, 0.05) is 27.6 Å². The van der Waals surface area contributed by atoms with Crippen molar-refractivity contribution in [1.82, 2.24) is 15.2 Å². The van der Waals surface area contributed by atoms with Crippen molar-refractivity contribution < 1.29 is 13.9 Å². The Labute approximate surface area is 168 Å². The summed E-state index contributed by atoms with van der Waals surface area (Å²) in [6.45, 7) is 0. The van der Waals surface area contributed by atoms with Gasteiger partial charge < -0.3 is 13.9 Å². The fourth-order valence-electron chi connectivity index (χ4n) is 2.38. The molecule has 6 nitrogen and oxygen atoms in total. The molecule has 0 fully saturated rings. The summed E-state index contributed by atoms with van der Waals surface area (Å²) in [5.74, 6) is 2.38. The van der Waals surface area contributed by atoms with Gasteiger partial charge in [-0.3, -0.25) is 0 Å².